The molecule has 12 valence electrons. The van der Waals surface area contributed by atoms with Crippen molar-refractivity contribution in [3.8, 4) is 0 Å². The Bertz CT molecular complexity index is 7.61. The first-order chi connectivity index (χ1) is 1.00. The minimum absolute atomic E-state index is 0. The second kappa shape index (κ2) is 28.0. The maximum absolute atomic E-state index is 3.00. The molecule has 0 atom stereocenters. The average Bonchev–Trinajstić information content (AvgIpc) is 1.00. The monoisotopic (exact) mass is 114 g/mol. The zero-order valence-corrected chi connectivity index (χ0v) is 10.3. The first-order valence-electron chi connectivity index (χ1n) is 0.500. The molecule has 0 nitrogen and oxygen atoms in total. The van der Waals surface area contributed by atoms with E-state index < -0.39 is 0 Å². The van der Waals surface area contributed by atoms with Gasteiger partial charge in [0.15, 0.2) is 0 Å². The molecule has 0 spiro atoms. The summed E-state index contributed by atoms with van der Waals surface area (Å²) < 4.78 is 0. The third kappa shape index (κ3) is 19.4. The molecule has 0 N–H and O–H groups in total. The van der Waals surface area contributed by atoms with Gasteiger partial charge in [-0.25, -0.2) is 0 Å². The summed E-state index contributed by atoms with van der Waals surface area (Å²) in [6, 6.07) is 0. The molecule has 0 saturated carbocycles. The molecule has 0 saturated heterocycles. The van der Waals surface area contributed by atoms with Crippen LogP contribution in [0.5, 0.6) is 0 Å². The van der Waals surface area contributed by atoms with E-state index in [9.17, 15) is 0 Å². The second-order valence-corrected chi connectivity index (χ2v) is 0. The van der Waals surface area contributed by atoms with Crippen LogP contribution in [-0.4, -0.2) is 37.7 Å². The van der Waals surface area contributed by atoms with Gasteiger partial charge >= 0.3 is 96.9 Å². The van der Waals surface area contributed by atoms with Crippen LogP contribution < -0.4 is 59.1 Å². The molecule has 0 aliphatic rings. The summed E-state index contributed by atoms with van der Waals surface area (Å²) in [4.78, 5) is 0. The molecular weight excluding hydrogens is 110 g/mol. The Morgan fingerprint density at radius 2 is 0.800 bits per heavy atom. The van der Waals surface area contributed by atoms with Crippen molar-refractivity contribution in [3.63, 3.8) is 0 Å². The van der Waals surface area contributed by atoms with Crippen molar-refractivity contribution in [2.24, 2.45) is 0 Å². The van der Waals surface area contributed by atoms with Crippen molar-refractivity contribution in [2.45, 2.75) is 0 Å². The predicted octanol–water partition coefficient (Wildman–Crippen LogP) is -5.57. The molecule has 0 bridgehead atoms. The molecule has 0 unspecified atom stereocenters. The van der Waals surface area contributed by atoms with E-state index in [2.05, 4.69) is 13.2 Å². The normalized spacial score (nSPS) is 0.800. The molecule has 0 aromatic heterocycles. The summed E-state index contributed by atoms with van der Waals surface area (Å²) in [5.74, 6) is 0. The van der Waals surface area contributed by atoms with E-state index in [1.165, 1.54) is 0 Å². The van der Waals surface area contributed by atoms with Crippen LogP contribution in [0.1, 0.15) is 0 Å². The molecule has 0 rings (SSSR count). The van der Waals surface area contributed by atoms with Crippen LogP contribution in [0.2, 0.25) is 0 Å². The fraction of sp³-hybridized carbons (Fsp3) is 0. The molecule has 0 amide bonds. The molecule has 0 aromatic carbocycles. The Hall–Kier alpha value is 3.00. The Morgan fingerprint density at radius 3 is 0.800 bits per heavy atom. The first-order valence-corrected chi connectivity index (χ1v) is 0.500. The molecule has 3 heteroatoms. The minimum atomic E-state index is 0. The van der Waals surface area contributed by atoms with Crippen molar-refractivity contribution in [2.75, 3.05) is 0 Å². The van der Waals surface area contributed by atoms with E-state index in [0.29, 0.717) is 0 Å². The van der Waals surface area contributed by atoms with Crippen LogP contribution in [0.25, 0.3) is 0 Å². The third-order valence-corrected chi connectivity index (χ3v) is 0. The number of hydrogen-bond donors (Lipinski definition) is 0. The topological polar surface area (TPSA) is 0 Å². The summed E-state index contributed by atoms with van der Waals surface area (Å²) in [5.41, 5.74) is 0. The molecule has 0 radical (unpaired) electrons. The quantitative estimate of drug-likeness (QED) is 0.218. The van der Waals surface area contributed by atoms with Gasteiger partial charge in [0.2, 0.25) is 0 Å². The van der Waals surface area contributed by atoms with Crippen LogP contribution in [0.15, 0.2) is 13.2 Å². The molecular formula is C2H4CaNa2+4. The van der Waals surface area contributed by atoms with Gasteiger partial charge < -0.3 is 0 Å². The average molecular weight is 114 g/mol. The SMILES string of the molecule is C=C.[Ca+2].[Na+].[Na+]. The Labute approximate surface area is 107 Å². The molecule has 0 fully saturated rings. The second-order valence-electron chi connectivity index (χ2n) is 0. The minimum Gasteiger partial charge on any atom is -0.106 e. The molecule has 0 aliphatic heterocycles. The van der Waals surface area contributed by atoms with Crippen LogP contribution >= 0.6 is 0 Å². The fourth-order valence-corrected chi connectivity index (χ4v) is 0. The van der Waals surface area contributed by atoms with Crippen LogP contribution in [0.4, 0.5) is 0 Å². The van der Waals surface area contributed by atoms with Crippen molar-refractivity contribution >= 4 is 37.7 Å². The first kappa shape index (κ1) is 24.5. The van der Waals surface area contributed by atoms with Gasteiger partial charge in [0.05, 0.1) is 0 Å². The van der Waals surface area contributed by atoms with E-state index >= 15 is 0 Å². The molecule has 5 heavy (non-hydrogen) atoms. The van der Waals surface area contributed by atoms with Crippen molar-refractivity contribution in [1.82, 2.24) is 0 Å². The summed E-state index contributed by atoms with van der Waals surface area (Å²) in [6.07, 6.45) is 0. The van der Waals surface area contributed by atoms with Gasteiger partial charge in [0, 0.05) is 0 Å². The van der Waals surface area contributed by atoms with E-state index in [0.717, 1.165) is 0 Å². The van der Waals surface area contributed by atoms with E-state index in [1.54, 1.807) is 0 Å². The number of rotatable bonds is 0. The van der Waals surface area contributed by atoms with E-state index in [1.807, 2.05) is 0 Å². The smallest absolute Gasteiger partial charge is 0.106 e. The van der Waals surface area contributed by atoms with Gasteiger partial charge in [-0.1, -0.05) is 0 Å². The zero-order valence-electron chi connectivity index (χ0n) is 4.12. The Kier molecular flexibility index (Phi) is 137. The fourth-order valence-electron chi connectivity index (χ4n) is 0. The van der Waals surface area contributed by atoms with Gasteiger partial charge in [0.25, 0.3) is 0 Å². The van der Waals surface area contributed by atoms with Crippen molar-refractivity contribution in [1.29, 1.82) is 0 Å². The Balaban J connectivity index is -0.00000000167. The zero-order chi connectivity index (χ0) is 2.00. The summed E-state index contributed by atoms with van der Waals surface area (Å²) >= 11 is 0. The number of hydrogen-bond acceptors (Lipinski definition) is 0. The maximum atomic E-state index is 3.00. The Morgan fingerprint density at radius 1 is 0.800 bits per heavy atom. The standard InChI is InChI=1S/C2H4.Ca.2Na/c1-2;;;/h1-2H2;;;/q;+2;2*+1. The van der Waals surface area contributed by atoms with Gasteiger partial charge in [0.1, 0.15) is 0 Å². The van der Waals surface area contributed by atoms with Gasteiger partial charge in [-0.3, -0.25) is 0 Å². The van der Waals surface area contributed by atoms with Gasteiger partial charge in [-0.2, -0.15) is 0 Å². The van der Waals surface area contributed by atoms with Crippen LogP contribution in [-0.2, 0) is 0 Å². The molecule has 0 aromatic rings. The van der Waals surface area contributed by atoms with E-state index in [-0.39, 0.29) is 96.9 Å². The summed E-state index contributed by atoms with van der Waals surface area (Å²) in [7, 11) is 0. The molecule has 0 aliphatic carbocycles. The summed E-state index contributed by atoms with van der Waals surface area (Å²) in [5, 5.41) is 0. The van der Waals surface area contributed by atoms with E-state index in [4.69, 9.17) is 0 Å². The largest absolute Gasteiger partial charge is 2.00 e. The van der Waals surface area contributed by atoms with Crippen molar-refractivity contribution < 1.29 is 59.1 Å². The summed E-state index contributed by atoms with van der Waals surface area (Å²) in [6.45, 7) is 6.00. The van der Waals surface area contributed by atoms with Gasteiger partial charge in [-0.05, 0) is 0 Å². The van der Waals surface area contributed by atoms with Gasteiger partial charge in [-0.15, -0.1) is 13.2 Å². The van der Waals surface area contributed by atoms with Crippen molar-refractivity contribution in [3.05, 3.63) is 13.2 Å². The predicted molar refractivity (Wildman–Crippen MR) is 17.0 cm³/mol. The third-order valence-electron chi connectivity index (χ3n) is 0. The molecule has 0 heterocycles. The van der Waals surface area contributed by atoms with Crippen LogP contribution in [0, 0.1) is 0 Å². The maximum Gasteiger partial charge on any atom is 2.00 e. The van der Waals surface area contributed by atoms with Crippen LogP contribution in [0.3, 0.4) is 0 Å².